The summed E-state index contributed by atoms with van der Waals surface area (Å²) < 4.78 is 16.9. The monoisotopic (exact) mass is 338 g/mol. The Bertz CT molecular complexity index is 610. The predicted molar refractivity (Wildman–Crippen MR) is 84.4 cm³/mol. The third kappa shape index (κ3) is 4.28. The Balaban J connectivity index is 1.91. The lowest BCUT2D eigenvalue weighted by molar-refractivity contribution is -0.202. The molecule has 2 atom stereocenters. The quantitative estimate of drug-likeness (QED) is 0.537. The van der Waals surface area contributed by atoms with Gasteiger partial charge >= 0.3 is 0 Å². The van der Waals surface area contributed by atoms with Gasteiger partial charge in [-0.05, 0) is 31.9 Å². The molecule has 126 valence electrons. The SMILES string of the molecule is CCCCP(=O)([O-])OC(C)CCN1C(=O)c2ccccc2C1=O. The molecule has 0 N–H and O–H groups in total. The molecule has 23 heavy (non-hydrogen) atoms. The maximum atomic E-state index is 12.2. The first-order valence-electron chi connectivity index (χ1n) is 7.79. The van der Waals surface area contributed by atoms with Gasteiger partial charge in [0.1, 0.15) is 7.60 Å². The van der Waals surface area contributed by atoms with Crippen molar-refractivity contribution in [3.63, 3.8) is 0 Å². The summed E-state index contributed by atoms with van der Waals surface area (Å²) in [5.41, 5.74) is 0.784. The Morgan fingerprint density at radius 2 is 1.78 bits per heavy atom. The lowest BCUT2D eigenvalue weighted by atomic mass is 10.1. The Kier molecular flexibility index (Phi) is 5.74. The van der Waals surface area contributed by atoms with Gasteiger partial charge in [0.15, 0.2) is 0 Å². The fourth-order valence-corrected chi connectivity index (χ4v) is 3.95. The summed E-state index contributed by atoms with van der Waals surface area (Å²) in [4.78, 5) is 37.3. The number of rotatable bonds is 8. The first kappa shape index (κ1) is 17.9. The van der Waals surface area contributed by atoms with Gasteiger partial charge in [0, 0.05) is 12.7 Å². The van der Waals surface area contributed by atoms with E-state index in [-0.39, 0.29) is 30.9 Å². The van der Waals surface area contributed by atoms with E-state index in [1.807, 2.05) is 6.92 Å². The van der Waals surface area contributed by atoms with Gasteiger partial charge in [-0.25, -0.2) is 0 Å². The number of fused-ring (bicyclic) bond motifs is 1. The molecule has 1 aliphatic rings. The maximum Gasteiger partial charge on any atom is 0.261 e. The summed E-state index contributed by atoms with van der Waals surface area (Å²) in [6.45, 7) is 3.68. The average molecular weight is 338 g/mol. The van der Waals surface area contributed by atoms with Crippen molar-refractivity contribution in [1.82, 2.24) is 4.90 Å². The first-order chi connectivity index (χ1) is 10.9. The molecular formula is C16H21NO5P-. The summed E-state index contributed by atoms with van der Waals surface area (Å²) >= 11 is 0. The summed E-state index contributed by atoms with van der Waals surface area (Å²) in [5, 5.41) is 0. The van der Waals surface area contributed by atoms with Gasteiger partial charge in [-0.2, -0.15) is 0 Å². The van der Waals surface area contributed by atoms with Crippen LogP contribution in [0.3, 0.4) is 0 Å². The fraction of sp³-hybridized carbons (Fsp3) is 0.500. The average Bonchev–Trinajstić information content (AvgIpc) is 2.75. The van der Waals surface area contributed by atoms with Crippen LogP contribution in [0.25, 0.3) is 0 Å². The molecule has 1 aromatic rings. The molecule has 0 bridgehead atoms. The predicted octanol–water partition coefficient (Wildman–Crippen LogP) is 2.43. The topological polar surface area (TPSA) is 86.7 Å². The van der Waals surface area contributed by atoms with Gasteiger partial charge in [0.05, 0.1) is 17.2 Å². The Hall–Kier alpha value is -1.49. The van der Waals surface area contributed by atoms with Crippen molar-refractivity contribution in [3.8, 4) is 0 Å². The van der Waals surface area contributed by atoms with Crippen molar-refractivity contribution in [2.75, 3.05) is 12.7 Å². The van der Waals surface area contributed by atoms with Crippen LogP contribution >= 0.6 is 7.60 Å². The third-order valence-corrected chi connectivity index (χ3v) is 5.31. The molecule has 0 saturated heterocycles. The van der Waals surface area contributed by atoms with Crippen molar-refractivity contribution < 1.29 is 23.6 Å². The molecular weight excluding hydrogens is 317 g/mol. The van der Waals surface area contributed by atoms with Crippen LogP contribution in [0, 0.1) is 0 Å². The zero-order valence-electron chi connectivity index (χ0n) is 13.4. The summed E-state index contributed by atoms with van der Waals surface area (Å²) in [6, 6.07) is 6.65. The second kappa shape index (κ2) is 7.39. The van der Waals surface area contributed by atoms with Crippen LogP contribution in [0.4, 0.5) is 0 Å². The molecule has 0 aromatic heterocycles. The molecule has 0 saturated carbocycles. The number of nitrogens with zero attached hydrogens (tertiary/aromatic N) is 1. The van der Waals surface area contributed by atoms with E-state index in [0.29, 0.717) is 17.5 Å². The van der Waals surface area contributed by atoms with Crippen LogP contribution in [0.2, 0.25) is 0 Å². The highest BCUT2D eigenvalue weighted by atomic mass is 31.2. The minimum atomic E-state index is -3.85. The summed E-state index contributed by atoms with van der Waals surface area (Å²) in [7, 11) is -3.85. The second-order valence-corrected chi connectivity index (χ2v) is 7.58. The lowest BCUT2D eigenvalue weighted by Gasteiger charge is -2.27. The molecule has 1 aliphatic heterocycles. The van der Waals surface area contributed by atoms with Crippen LogP contribution in [0.1, 0.15) is 53.8 Å². The minimum absolute atomic E-state index is 0.0147. The molecule has 0 radical (unpaired) electrons. The van der Waals surface area contributed by atoms with E-state index in [2.05, 4.69) is 0 Å². The van der Waals surface area contributed by atoms with Crippen molar-refractivity contribution in [2.24, 2.45) is 0 Å². The van der Waals surface area contributed by atoms with Crippen LogP contribution in [-0.4, -0.2) is 35.5 Å². The number of carbonyl (C=O) groups is 2. The van der Waals surface area contributed by atoms with Gasteiger partial charge in [0.25, 0.3) is 11.8 Å². The molecule has 1 heterocycles. The number of unbranched alkanes of at least 4 members (excludes halogenated alkanes) is 1. The maximum absolute atomic E-state index is 12.2. The zero-order chi connectivity index (χ0) is 17.0. The Labute approximate surface area is 136 Å². The standard InChI is InChI=1S/C16H22NO5P/c1-3-4-11-23(20,21)22-12(2)9-10-17-15(18)13-7-5-6-8-14(13)16(17)19/h5-8,12H,3-4,9-11H2,1-2H3,(H,20,21)/p-1. The van der Waals surface area contributed by atoms with Gasteiger partial charge < -0.3 is 14.0 Å². The van der Waals surface area contributed by atoms with Gasteiger partial charge in [-0.1, -0.05) is 25.5 Å². The van der Waals surface area contributed by atoms with Gasteiger partial charge in [0.2, 0.25) is 0 Å². The smallest absolute Gasteiger partial charge is 0.261 e. The summed E-state index contributed by atoms with van der Waals surface area (Å²) in [6.07, 6.45) is 1.06. The van der Waals surface area contributed by atoms with E-state index in [4.69, 9.17) is 4.52 Å². The highest BCUT2D eigenvalue weighted by Gasteiger charge is 2.34. The van der Waals surface area contributed by atoms with E-state index < -0.39 is 13.7 Å². The van der Waals surface area contributed by atoms with Crippen molar-refractivity contribution in [3.05, 3.63) is 35.4 Å². The Morgan fingerprint density at radius 3 is 2.30 bits per heavy atom. The van der Waals surface area contributed by atoms with E-state index in [9.17, 15) is 19.0 Å². The second-order valence-electron chi connectivity index (χ2n) is 5.70. The largest absolute Gasteiger partial charge is 0.778 e. The molecule has 0 fully saturated rings. The fourth-order valence-electron chi connectivity index (χ4n) is 2.48. The van der Waals surface area contributed by atoms with Crippen LogP contribution in [0.15, 0.2) is 24.3 Å². The molecule has 0 spiro atoms. The van der Waals surface area contributed by atoms with E-state index in [0.717, 1.165) is 11.3 Å². The van der Waals surface area contributed by atoms with Crippen molar-refractivity contribution >= 4 is 19.4 Å². The number of amides is 2. The molecule has 1 aromatic carbocycles. The first-order valence-corrected chi connectivity index (χ1v) is 9.52. The number of carbonyl (C=O) groups excluding carboxylic acids is 2. The number of benzene rings is 1. The van der Waals surface area contributed by atoms with E-state index in [1.54, 1.807) is 31.2 Å². The number of hydrogen-bond donors (Lipinski definition) is 0. The molecule has 7 heteroatoms. The normalized spacial score (nSPS) is 18.0. The molecule has 2 unspecified atom stereocenters. The molecule has 0 aliphatic carbocycles. The van der Waals surface area contributed by atoms with Crippen LogP contribution in [-0.2, 0) is 9.09 Å². The van der Waals surface area contributed by atoms with Crippen molar-refractivity contribution in [1.29, 1.82) is 0 Å². The summed E-state index contributed by atoms with van der Waals surface area (Å²) in [5.74, 6) is -0.678. The van der Waals surface area contributed by atoms with Gasteiger partial charge in [-0.15, -0.1) is 0 Å². The lowest BCUT2D eigenvalue weighted by Crippen LogP contribution is -2.32. The zero-order valence-corrected chi connectivity index (χ0v) is 14.3. The van der Waals surface area contributed by atoms with E-state index in [1.165, 1.54) is 0 Å². The third-order valence-electron chi connectivity index (χ3n) is 3.76. The Morgan fingerprint density at radius 1 is 1.22 bits per heavy atom. The minimum Gasteiger partial charge on any atom is -0.778 e. The number of hydrogen-bond acceptors (Lipinski definition) is 5. The molecule has 6 nitrogen and oxygen atoms in total. The van der Waals surface area contributed by atoms with Gasteiger partial charge in [-0.3, -0.25) is 14.5 Å². The molecule has 2 rings (SSSR count). The van der Waals surface area contributed by atoms with E-state index >= 15 is 0 Å². The molecule has 2 amide bonds. The highest BCUT2D eigenvalue weighted by molar-refractivity contribution is 7.51. The highest BCUT2D eigenvalue weighted by Crippen LogP contribution is 2.40. The van der Waals surface area contributed by atoms with Crippen LogP contribution < -0.4 is 4.89 Å². The van der Waals surface area contributed by atoms with Crippen LogP contribution in [0.5, 0.6) is 0 Å². The number of imide groups is 1. The van der Waals surface area contributed by atoms with Crippen molar-refractivity contribution in [2.45, 2.75) is 39.2 Å².